The molecule has 2 N–H and O–H groups in total. The first kappa shape index (κ1) is 11.5. The molecule has 0 aromatic rings. The predicted molar refractivity (Wildman–Crippen MR) is 53.6 cm³/mol. The molecule has 5 nitrogen and oxygen atoms in total. The maximum Gasteiger partial charge on any atom is 0.240 e. The van der Waals surface area contributed by atoms with Gasteiger partial charge >= 0.3 is 0 Å². The zero-order valence-electron chi connectivity index (χ0n) is 8.96. The third-order valence-corrected chi connectivity index (χ3v) is 2.45. The van der Waals surface area contributed by atoms with Crippen LogP contribution in [0, 0.1) is 16.7 Å². The van der Waals surface area contributed by atoms with Gasteiger partial charge in [-0.3, -0.25) is 9.59 Å². The van der Waals surface area contributed by atoms with Crippen molar-refractivity contribution in [2.24, 2.45) is 5.41 Å². The topological polar surface area (TPSA) is 82.0 Å². The lowest BCUT2D eigenvalue weighted by Crippen LogP contribution is -2.50. The number of nitrogens with zero attached hydrogens (tertiary/aromatic N) is 1. The molecular formula is C10H15N3O2. The average Bonchev–Trinajstić information content (AvgIpc) is 2.21. The number of nitrogens with one attached hydrogen (secondary N) is 2. The van der Waals surface area contributed by atoms with E-state index in [0.717, 1.165) is 0 Å². The molecule has 1 saturated heterocycles. The van der Waals surface area contributed by atoms with Crippen molar-refractivity contribution in [3.8, 4) is 6.07 Å². The van der Waals surface area contributed by atoms with Gasteiger partial charge in [0.05, 0.1) is 6.07 Å². The SMILES string of the molecule is CC(C)(C#N)C(=O)NC1CCC(=O)NC1. The lowest BCUT2D eigenvalue weighted by molar-refractivity contribution is -0.129. The molecule has 0 saturated carbocycles. The van der Waals surface area contributed by atoms with Crippen molar-refractivity contribution in [2.75, 3.05) is 6.54 Å². The van der Waals surface area contributed by atoms with Crippen LogP contribution in [-0.4, -0.2) is 24.4 Å². The van der Waals surface area contributed by atoms with Crippen LogP contribution >= 0.6 is 0 Å². The number of hydrogen-bond acceptors (Lipinski definition) is 3. The van der Waals surface area contributed by atoms with Gasteiger partial charge in [-0.05, 0) is 20.3 Å². The number of hydrogen-bond donors (Lipinski definition) is 2. The standard InChI is InChI=1S/C10H15N3O2/c1-10(2,6-11)9(15)13-7-3-4-8(14)12-5-7/h7H,3-5H2,1-2H3,(H,12,14)(H,13,15). The van der Waals surface area contributed by atoms with Crippen LogP contribution in [0.5, 0.6) is 0 Å². The van der Waals surface area contributed by atoms with Crippen LogP contribution in [0.25, 0.3) is 0 Å². The molecule has 0 spiro atoms. The van der Waals surface area contributed by atoms with E-state index in [1.165, 1.54) is 0 Å². The summed E-state index contributed by atoms with van der Waals surface area (Å²) in [4.78, 5) is 22.5. The molecule has 5 heteroatoms. The fourth-order valence-corrected chi connectivity index (χ4v) is 1.27. The Hall–Kier alpha value is -1.57. The first-order valence-corrected chi connectivity index (χ1v) is 4.94. The van der Waals surface area contributed by atoms with Gasteiger partial charge in [-0.15, -0.1) is 0 Å². The Morgan fingerprint density at radius 2 is 2.33 bits per heavy atom. The van der Waals surface area contributed by atoms with Crippen molar-refractivity contribution in [1.82, 2.24) is 10.6 Å². The lowest BCUT2D eigenvalue weighted by Gasteiger charge is -2.26. The van der Waals surface area contributed by atoms with Crippen LogP contribution in [0.15, 0.2) is 0 Å². The van der Waals surface area contributed by atoms with Crippen LogP contribution in [0.1, 0.15) is 26.7 Å². The molecular weight excluding hydrogens is 194 g/mol. The monoisotopic (exact) mass is 209 g/mol. The van der Waals surface area contributed by atoms with E-state index in [0.29, 0.717) is 19.4 Å². The Kier molecular flexibility index (Phi) is 3.30. The minimum Gasteiger partial charge on any atom is -0.354 e. The maximum atomic E-state index is 11.6. The summed E-state index contributed by atoms with van der Waals surface area (Å²) in [5, 5.41) is 14.2. The Balaban J connectivity index is 2.46. The number of nitriles is 1. The van der Waals surface area contributed by atoms with Gasteiger partial charge in [0.1, 0.15) is 5.41 Å². The third kappa shape index (κ3) is 2.94. The highest BCUT2D eigenvalue weighted by atomic mass is 16.2. The molecule has 1 unspecified atom stereocenters. The van der Waals surface area contributed by atoms with E-state index < -0.39 is 5.41 Å². The highest BCUT2D eigenvalue weighted by Gasteiger charge is 2.30. The van der Waals surface area contributed by atoms with E-state index in [9.17, 15) is 9.59 Å². The van der Waals surface area contributed by atoms with Crippen molar-refractivity contribution >= 4 is 11.8 Å². The summed E-state index contributed by atoms with van der Waals surface area (Å²) in [5.74, 6) is -0.272. The number of rotatable bonds is 2. The molecule has 1 atom stereocenters. The second-order valence-corrected chi connectivity index (χ2v) is 4.25. The summed E-state index contributed by atoms with van der Waals surface area (Å²) in [5.41, 5.74) is -1.01. The summed E-state index contributed by atoms with van der Waals surface area (Å²) >= 11 is 0. The highest BCUT2D eigenvalue weighted by Crippen LogP contribution is 2.14. The number of carbonyl (C=O) groups is 2. The van der Waals surface area contributed by atoms with Gasteiger partial charge in [-0.2, -0.15) is 5.26 Å². The Bertz CT molecular complexity index is 307. The molecule has 0 aromatic carbocycles. The van der Waals surface area contributed by atoms with Crippen LogP contribution in [-0.2, 0) is 9.59 Å². The zero-order valence-corrected chi connectivity index (χ0v) is 8.96. The van der Waals surface area contributed by atoms with Crippen molar-refractivity contribution in [3.63, 3.8) is 0 Å². The first-order valence-electron chi connectivity index (χ1n) is 4.94. The van der Waals surface area contributed by atoms with Gasteiger partial charge in [0.2, 0.25) is 11.8 Å². The van der Waals surface area contributed by atoms with E-state index in [1.807, 2.05) is 6.07 Å². The maximum absolute atomic E-state index is 11.6. The van der Waals surface area contributed by atoms with Gasteiger partial charge in [0.15, 0.2) is 0 Å². The van der Waals surface area contributed by atoms with Gasteiger partial charge in [0.25, 0.3) is 0 Å². The summed E-state index contributed by atoms with van der Waals surface area (Å²) in [7, 11) is 0. The minimum absolute atomic E-state index is 0.0139. The molecule has 0 bridgehead atoms. The Morgan fingerprint density at radius 3 is 2.80 bits per heavy atom. The third-order valence-electron chi connectivity index (χ3n) is 2.45. The van der Waals surface area contributed by atoms with Crippen molar-refractivity contribution < 1.29 is 9.59 Å². The molecule has 1 rings (SSSR count). The Labute approximate surface area is 88.8 Å². The Morgan fingerprint density at radius 1 is 1.67 bits per heavy atom. The van der Waals surface area contributed by atoms with Crippen LogP contribution in [0.2, 0.25) is 0 Å². The van der Waals surface area contributed by atoms with Crippen LogP contribution < -0.4 is 10.6 Å². The van der Waals surface area contributed by atoms with Crippen LogP contribution in [0.4, 0.5) is 0 Å². The van der Waals surface area contributed by atoms with E-state index in [-0.39, 0.29) is 17.9 Å². The molecule has 1 heterocycles. The van der Waals surface area contributed by atoms with E-state index in [4.69, 9.17) is 5.26 Å². The van der Waals surface area contributed by atoms with Gasteiger partial charge in [-0.1, -0.05) is 0 Å². The second kappa shape index (κ2) is 4.30. The van der Waals surface area contributed by atoms with E-state index >= 15 is 0 Å². The quantitative estimate of drug-likeness (QED) is 0.668. The molecule has 1 aliphatic heterocycles. The van der Waals surface area contributed by atoms with E-state index in [1.54, 1.807) is 13.8 Å². The molecule has 1 aliphatic rings. The highest BCUT2D eigenvalue weighted by molar-refractivity contribution is 5.85. The largest absolute Gasteiger partial charge is 0.354 e. The average molecular weight is 209 g/mol. The molecule has 15 heavy (non-hydrogen) atoms. The normalized spacial score (nSPS) is 21.4. The second-order valence-electron chi connectivity index (χ2n) is 4.25. The first-order chi connectivity index (χ1) is 6.95. The smallest absolute Gasteiger partial charge is 0.240 e. The molecule has 0 aliphatic carbocycles. The number of carbonyl (C=O) groups excluding carboxylic acids is 2. The summed E-state index contributed by atoms with van der Waals surface area (Å²) in [6.45, 7) is 3.60. The summed E-state index contributed by atoms with van der Waals surface area (Å²) < 4.78 is 0. The van der Waals surface area contributed by atoms with Crippen molar-refractivity contribution in [2.45, 2.75) is 32.7 Å². The molecule has 82 valence electrons. The predicted octanol–water partition coefficient (Wildman–Crippen LogP) is -0.0690. The van der Waals surface area contributed by atoms with Gasteiger partial charge < -0.3 is 10.6 Å². The summed E-state index contributed by atoms with van der Waals surface area (Å²) in [6, 6.07) is 1.89. The fourth-order valence-electron chi connectivity index (χ4n) is 1.27. The van der Waals surface area contributed by atoms with Gasteiger partial charge in [0, 0.05) is 19.0 Å². The summed E-state index contributed by atoms with van der Waals surface area (Å²) in [6.07, 6.45) is 1.07. The molecule has 0 aromatic heterocycles. The fraction of sp³-hybridized carbons (Fsp3) is 0.700. The molecule has 0 radical (unpaired) electrons. The van der Waals surface area contributed by atoms with Crippen molar-refractivity contribution in [3.05, 3.63) is 0 Å². The van der Waals surface area contributed by atoms with Gasteiger partial charge in [-0.25, -0.2) is 0 Å². The minimum atomic E-state index is -1.01. The molecule has 2 amide bonds. The van der Waals surface area contributed by atoms with E-state index in [2.05, 4.69) is 10.6 Å². The zero-order chi connectivity index (χ0) is 11.5. The molecule has 1 fully saturated rings. The number of piperidine rings is 1. The van der Waals surface area contributed by atoms with Crippen LogP contribution in [0.3, 0.4) is 0 Å². The lowest BCUT2D eigenvalue weighted by atomic mass is 9.93. The number of amides is 2. The van der Waals surface area contributed by atoms with Crippen molar-refractivity contribution in [1.29, 1.82) is 5.26 Å².